The van der Waals surface area contributed by atoms with Gasteiger partial charge in [0.1, 0.15) is 5.82 Å². The first-order valence-electron chi connectivity index (χ1n) is 6.51. The van der Waals surface area contributed by atoms with E-state index >= 15 is 0 Å². The molecule has 6 heteroatoms. The molecule has 1 amide bonds. The fourth-order valence-corrected chi connectivity index (χ4v) is 2.97. The lowest BCUT2D eigenvalue weighted by molar-refractivity contribution is 0.245. The Bertz CT molecular complexity index is 473. The van der Waals surface area contributed by atoms with Gasteiger partial charge in [0, 0.05) is 18.0 Å². The number of hydrogen-bond donors (Lipinski definition) is 2. The SMILES string of the molecule is CN1CCC(c2nn(C(N)=O)c3c2CCN3)CC1. The number of likely N-dealkylation sites (tertiary alicyclic amines) is 1. The van der Waals surface area contributed by atoms with Crippen LogP contribution in [-0.4, -0.2) is 47.4 Å². The minimum Gasteiger partial charge on any atom is -0.369 e. The molecule has 2 aliphatic rings. The molecule has 0 unspecified atom stereocenters. The summed E-state index contributed by atoms with van der Waals surface area (Å²) in [6.07, 6.45) is 3.17. The number of nitrogens with zero attached hydrogens (tertiary/aromatic N) is 3. The van der Waals surface area contributed by atoms with E-state index in [9.17, 15) is 4.79 Å². The van der Waals surface area contributed by atoms with Crippen molar-refractivity contribution < 1.29 is 4.79 Å². The van der Waals surface area contributed by atoms with Crippen LogP contribution in [-0.2, 0) is 6.42 Å². The molecule has 3 N–H and O–H groups in total. The first kappa shape index (κ1) is 11.5. The normalized spacial score (nSPS) is 20.7. The van der Waals surface area contributed by atoms with Crippen molar-refractivity contribution in [1.29, 1.82) is 0 Å². The molecule has 0 bridgehead atoms. The Balaban J connectivity index is 1.93. The first-order valence-corrected chi connectivity index (χ1v) is 6.51. The van der Waals surface area contributed by atoms with Crippen LogP contribution < -0.4 is 11.1 Å². The fourth-order valence-electron chi connectivity index (χ4n) is 2.97. The van der Waals surface area contributed by atoms with Gasteiger partial charge in [-0.1, -0.05) is 0 Å². The van der Waals surface area contributed by atoms with Crippen LogP contribution in [0, 0.1) is 0 Å². The Labute approximate surface area is 106 Å². The molecule has 0 aliphatic carbocycles. The van der Waals surface area contributed by atoms with E-state index < -0.39 is 6.03 Å². The van der Waals surface area contributed by atoms with Gasteiger partial charge in [-0.3, -0.25) is 0 Å². The standard InChI is InChI=1S/C12H19N5O/c1-16-6-3-8(4-7-16)10-9-2-5-14-11(9)17(15-10)12(13)18/h8,14H,2-7H2,1H3,(H2,13,18). The third-order valence-electron chi connectivity index (χ3n) is 4.00. The summed E-state index contributed by atoms with van der Waals surface area (Å²) in [6.45, 7) is 3.06. The highest BCUT2D eigenvalue weighted by Crippen LogP contribution is 2.35. The average Bonchev–Trinajstić information content (AvgIpc) is 2.91. The lowest BCUT2D eigenvalue weighted by Crippen LogP contribution is -2.30. The van der Waals surface area contributed by atoms with Gasteiger partial charge in [0.2, 0.25) is 0 Å². The molecule has 2 aliphatic heterocycles. The Morgan fingerprint density at radius 1 is 1.44 bits per heavy atom. The van der Waals surface area contributed by atoms with Gasteiger partial charge >= 0.3 is 6.03 Å². The average molecular weight is 249 g/mol. The van der Waals surface area contributed by atoms with Gasteiger partial charge in [-0.15, -0.1) is 0 Å². The molecule has 1 fully saturated rings. The molecule has 0 aromatic carbocycles. The van der Waals surface area contributed by atoms with Crippen molar-refractivity contribution in [3.63, 3.8) is 0 Å². The number of aromatic nitrogens is 2. The van der Waals surface area contributed by atoms with E-state index in [0.717, 1.165) is 50.4 Å². The molecular weight excluding hydrogens is 230 g/mol. The highest BCUT2D eigenvalue weighted by molar-refractivity contribution is 5.79. The number of primary amides is 1. The molecule has 3 rings (SSSR count). The maximum atomic E-state index is 11.4. The van der Waals surface area contributed by atoms with E-state index in [-0.39, 0.29) is 0 Å². The summed E-state index contributed by atoms with van der Waals surface area (Å²) in [4.78, 5) is 13.7. The number of nitrogens with two attached hydrogens (primary N) is 1. The van der Waals surface area contributed by atoms with Crippen molar-refractivity contribution in [2.45, 2.75) is 25.2 Å². The van der Waals surface area contributed by atoms with E-state index in [1.54, 1.807) is 0 Å². The molecular formula is C12H19N5O. The van der Waals surface area contributed by atoms with Crippen molar-refractivity contribution in [2.75, 3.05) is 32.0 Å². The van der Waals surface area contributed by atoms with Crippen molar-refractivity contribution in [1.82, 2.24) is 14.7 Å². The number of fused-ring (bicyclic) bond motifs is 1. The summed E-state index contributed by atoms with van der Waals surface area (Å²) in [5.74, 6) is 1.28. The number of nitrogens with one attached hydrogen (secondary N) is 1. The second-order valence-electron chi connectivity index (χ2n) is 5.22. The number of carbonyl (C=O) groups is 1. The number of amides is 1. The third kappa shape index (κ3) is 1.77. The quantitative estimate of drug-likeness (QED) is 0.763. The van der Waals surface area contributed by atoms with Crippen LogP contribution in [0.5, 0.6) is 0 Å². The molecule has 18 heavy (non-hydrogen) atoms. The van der Waals surface area contributed by atoms with E-state index in [1.165, 1.54) is 10.2 Å². The zero-order valence-electron chi connectivity index (χ0n) is 10.6. The van der Waals surface area contributed by atoms with Crippen molar-refractivity contribution in [3.05, 3.63) is 11.3 Å². The zero-order valence-corrected chi connectivity index (χ0v) is 10.6. The topological polar surface area (TPSA) is 76.2 Å². The number of piperidine rings is 1. The van der Waals surface area contributed by atoms with Crippen molar-refractivity contribution >= 4 is 11.8 Å². The maximum Gasteiger partial charge on any atom is 0.341 e. The van der Waals surface area contributed by atoms with Gasteiger partial charge < -0.3 is 16.0 Å². The zero-order chi connectivity index (χ0) is 12.7. The summed E-state index contributed by atoms with van der Waals surface area (Å²) >= 11 is 0. The van der Waals surface area contributed by atoms with Crippen LogP contribution in [0.4, 0.5) is 10.6 Å². The summed E-state index contributed by atoms with van der Waals surface area (Å²) in [7, 11) is 2.14. The van der Waals surface area contributed by atoms with E-state index in [2.05, 4.69) is 22.4 Å². The van der Waals surface area contributed by atoms with Gasteiger partial charge in [0.05, 0.1) is 5.69 Å². The maximum absolute atomic E-state index is 11.4. The molecule has 0 spiro atoms. The Kier molecular flexibility index (Phi) is 2.74. The minimum absolute atomic E-state index is 0.468. The molecule has 1 aromatic heterocycles. The summed E-state index contributed by atoms with van der Waals surface area (Å²) in [5, 5.41) is 7.65. The highest BCUT2D eigenvalue weighted by Gasteiger charge is 2.30. The predicted molar refractivity (Wildman–Crippen MR) is 68.9 cm³/mol. The number of anilines is 1. The van der Waals surface area contributed by atoms with Crippen molar-refractivity contribution in [3.8, 4) is 0 Å². The summed E-state index contributed by atoms with van der Waals surface area (Å²) in [6, 6.07) is -0.500. The fraction of sp³-hybridized carbons (Fsp3) is 0.667. The van der Waals surface area contributed by atoms with Crippen molar-refractivity contribution in [2.24, 2.45) is 5.73 Å². The van der Waals surface area contributed by atoms with E-state index in [1.807, 2.05) is 0 Å². The van der Waals surface area contributed by atoms with Crippen LogP contribution in [0.2, 0.25) is 0 Å². The van der Waals surface area contributed by atoms with Crippen LogP contribution >= 0.6 is 0 Å². The lowest BCUT2D eigenvalue weighted by atomic mass is 9.91. The molecule has 1 saturated heterocycles. The molecule has 0 saturated carbocycles. The molecule has 0 atom stereocenters. The number of hydrogen-bond acceptors (Lipinski definition) is 4. The molecule has 98 valence electrons. The first-order chi connectivity index (χ1) is 8.66. The van der Waals surface area contributed by atoms with Crippen LogP contribution in [0.15, 0.2) is 0 Å². The lowest BCUT2D eigenvalue weighted by Gasteiger charge is -2.28. The second kappa shape index (κ2) is 4.28. The molecule has 6 nitrogen and oxygen atoms in total. The Morgan fingerprint density at radius 3 is 2.83 bits per heavy atom. The number of carbonyl (C=O) groups excluding carboxylic acids is 1. The van der Waals surface area contributed by atoms with E-state index in [0.29, 0.717) is 5.92 Å². The number of rotatable bonds is 1. The monoisotopic (exact) mass is 249 g/mol. The molecule has 3 heterocycles. The Morgan fingerprint density at radius 2 is 2.17 bits per heavy atom. The smallest absolute Gasteiger partial charge is 0.341 e. The largest absolute Gasteiger partial charge is 0.369 e. The summed E-state index contributed by atoms with van der Waals surface area (Å²) < 4.78 is 1.33. The Hall–Kier alpha value is -1.56. The highest BCUT2D eigenvalue weighted by atomic mass is 16.2. The van der Waals surface area contributed by atoms with Gasteiger partial charge in [-0.2, -0.15) is 9.78 Å². The second-order valence-corrected chi connectivity index (χ2v) is 5.22. The molecule has 1 aromatic rings. The summed E-state index contributed by atoms with van der Waals surface area (Å²) in [5.41, 5.74) is 7.65. The molecule has 0 radical (unpaired) electrons. The van der Waals surface area contributed by atoms with Gasteiger partial charge in [-0.25, -0.2) is 4.79 Å². The van der Waals surface area contributed by atoms with Crippen LogP contribution in [0.25, 0.3) is 0 Å². The van der Waals surface area contributed by atoms with Gasteiger partial charge in [0.15, 0.2) is 0 Å². The van der Waals surface area contributed by atoms with Gasteiger partial charge in [0.25, 0.3) is 0 Å². The minimum atomic E-state index is -0.500. The predicted octanol–water partition coefficient (Wildman–Crippen LogP) is 0.587. The third-order valence-corrected chi connectivity index (χ3v) is 4.00. The van der Waals surface area contributed by atoms with Gasteiger partial charge in [-0.05, 0) is 39.4 Å². The van der Waals surface area contributed by atoms with Crippen LogP contribution in [0.1, 0.15) is 30.0 Å². The van der Waals surface area contributed by atoms with E-state index in [4.69, 9.17) is 5.73 Å². The van der Waals surface area contributed by atoms with Crippen LogP contribution in [0.3, 0.4) is 0 Å².